The maximum atomic E-state index is 12.2. The number of nitrogens with one attached hydrogen (secondary N) is 2. The third-order valence-electron chi connectivity index (χ3n) is 3.64. The van der Waals surface area contributed by atoms with Crippen molar-refractivity contribution in [1.29, 1.82) is 0 Å². The topological polar surface area (TPSA) is 67.4 Å². The summed E-state index contributed by atoms with van der Waals surface area (Å²) in [5.41, 5.74) is 0.432. The Bertz CT molecular complexity index is 555. The maximum Gasteiger partial charge on any atom is 0.297 e. The molecule has 0 radical (unpaired) electrons. The number of benzene rings is 1. The average molecular weight is 268 g/mol. The summed E-state index contributed by atoms with van der Waals surface area (Å²) in [6.07, 6.45) is 0. The molecule has 2 atom stereocenters. The first-order valence-electron chi connectivity index (χ1n) is 5.98. The first kappa shape index (κ1) is 12.1. The smallest absolute Gasteiger partial charge is 0.297 e. The molecule has 5 nitrogen and oxygen atoms in total. The molecule has 0 amide bonds. The predicted molar refractivity (Wildman–Crippen MR) is 66.8 cm³/mol. The van der Waals surface area contributed by atoms with Crippen LogP contribution < -0.4 is 10.6 Å². The van der Waals surface area contributed by atoms with E-state index in [2.05, 4.69) is 10.6 Å². The zero-order valence-corrected chi connectivity index (χ0v) is 11.0. The Balaban J connectivity index is 1.85. The van der Waals surface area contributed by atoms with Gasteiger partial charge in [-0.1, -0.05) is 17.7 Å². The van der Waals surface area contributed by atoms with E-state index in [1.54, 1.807) is 24.3 Å². The highest BCUT2D eigenvalue weighted by Crippen LogP contribution is 2.31. The van der Waals surface area contributed by atoms with E-state index >= 15 is 0 Å². The predicted octanol–water partition coefficient (Wildman–Crippen LogP) is 0.0141. The summed E-state index contributed by atoms with van der Waals surface area (Å²) in [5, 5.41) is 6.34. The van der Waals surface area contributed by atoms with Crippen LogP contribution in [0.2, 0.25) is 0 Å². The zero-order chi connectivity index (χ0) is 12.8. The number of rotatable bonds is 3. The normalized spacial score (nSPS) is 30.8. The summed E-state index contributed by atoms with van der Waals surface area (Å²) in [6.45, 7) is 3.83. The molecule has 2 saturated heterocycles. The van der Waals surface area contributed by atoms with Gasteiger partial charge in [0.05, 0.1) is 10.9 Å². The Morgan fingerprint density at radius 2 is 2.00 bits per heavy atom. The van der Waals surface area contributed by atoms with Gasteiger partial charge < -0.3 is 10.6 Å². The van der Waals surface area contributed by atoms with Gasteiger partial charge >= 0.3 is 0 Å². The lowest BCUT2D eigenvalue weighted by Gasteiger charge is -2.43. The van der Waals surface area contributed by atoms with Crippen LogP contribution in [0.1, 0.15) is 5.56 Å². The molecule has 0 spiro atoms. The molecule has 2 heterocycles. The molecule has 18 heavy (non-hydrogen) atoms. The van der Waals surface area contributed by atoms with Crippen molar-refractivity contribution in [2.75, 3.05) is 19.6 Å². The summed E-state index contributed by atoms with van der Waals surface area (Å²) in [7, 11) is -3.68. The lowest BCUT2D eigenvalue weighted by atomic mass is 9.90. The van der Waals surface area contributed by atoms with E-state index in [4.69, 9.17) is 4.18 Å². The lowest BCUT2D eigenvalue weighted by molar-refractivity contribution is 0.00826. The molecule has 2 unspecified atom stereocenters. The summed E-state index contributed by atoms with van der Waals surface area (Å²) in [4.78, 5) is 0.222. The van der Waals surface area contributed by atoms with Crippen LogP contribution in [-0.2, 0) is 14.3 Å². The molecular weight excluding hydrogens is 252 g/mol. The standard InChI is InChI=1S/C12H16N2O3S/c1-9-2-4-10(5-3-9)18(15,16)17-12-7-13-6-11(12)14-8-12/h2-5,11,13-14H,6-8H2,1H3. The van der Waals surface area contributed by atoms with Crippen molar-refractivity contribution in [2.45, 2.75) is 23.5 Å². The zero-order valence-electron chi connectivity index (χ0n) is 10.1. The van der Waals surface area contributed by atoms with Gasteiger partial charge in [-0.2, -0.15) is 8.42 Å². The van der Waals surface area contributed by atoms with Crippen LogP contribution in [0.4, 0.5) is 0 Å². The Hall–Kier alpha value is -0.950. The third kappa shape index (κ3) is 1.85. The first-order valence-corrected chi connectivity index (χ1v) is 7.39. The molecule has 6 heteroatoms. The van der Waals surface area contributed by atoms with Crippen molar-refractivity contribution in [1.82, 2.24) is 10.6 Å². The molecule has 1 aromatic rings. The SMILES string of the molecule is Cc1ccc(S(=O)(=O)OC23CNCC2NC3)cc1. The van der Waals surface area contributed by atoms with Crippen LogP contribution in [0.3, 0.4) is 0 Å². The van der Waals surface area contributed by atoms with Crippen molar-refractivity contribution < 1.29 is 12.6 Å². The van der Waals surface area contributed by atoms with Crippen molar-refractivity contribution in [3.8, 4) is 0 Å². The summed E-state index contributed by atoms with van der Waals surface area (Å²) < 4.78 is 29.9. The van der Waals surface area contributed by atoms with E-state index in [0.717, 1.165) is 12.1 Å². The van der Waals surface area contributed by atoms with Gasteiger partial charge in [0, 0.05) is 19.6 Å². The van der Waals surface area contributed by atoms with Gasteiger partial charge in [0.2, 0.25) is 0 Å². The van der Waals surface area contributed by atoms with Gasteiger partial charge in [0.15, 0.2) is 0 Å². The van der Waals surface area contributed by atoms with E-state index in [1.165, 1.54) is 0 Å². The molecule has 2 N–H and O–H groups in total. The fourth-order valence-corrected chi connectivity index (χ4v) is 3.67. The molecule has 3 rings (SSSR count). The molecule has 0 saturated carbocycles. The molecule has 0 bridgehead atoms. The highest BCUT2D eigenvalue weighted by atomic mass is 32.2. The number of hydrogen-bond donors (Lipinski definition) is 2. The highest BCUT2D eigenvalue weighted by molar-refractivity contribution is 7.86. The van der Waals surface area contributed by atoms with Crippen molar-refractivity contribution >= 4 is 10.1 Å². The van der Waals surface area contributed by atoms with E-state index in [1.807, 2.05) is 6.92 Å². The number of aryl methyl sites for hydroxylation is 1. The minimum atomic E-state index is -3.68. The van der Waals surface area contributed by atoms with Crippen LogP contribution in [0.25, 0.3) is 0 Å². The second-order valence-corrected chi connectivity index (χ2v) is 6.53. The summed E-state index contributed by atoms with van der Waals surface area (Å²) in [5.74, 6) is 0. The minimum Gasteiger partial charge on any atom is -0.312 e. The fourth-order valence-electron chi connectivity index (χ4n) is 2.43. The summed E-state index contributed by atoms with van der Waals surface area (Å²) >= 11 is 0. The van der Waals surface area contributed by atoms with Crippen LogP contribution >= 0.6 is 0 Å². The summed E-state index contributed by atoms with van der Waals surface area (Å²) in [6, 6.07) is 6.82. The monoisotopic (exact) mass is 268 g/mol. The Morgan fingerprint density at radius 3 is 2.56 bits per heavy atom. The Labute approximate surface area is 107 Å². The van der Waals surface area contributed by atoms with Crippen molar-refractivity contribution in [2.24, 2.45) is 0 Å². The van der Waals surface area contributed by atoms with Gasteiger partial charge in [-0.3, -0.25) is 4.18 Å². The second-order valence-electron chi connectivity index (χ2n) is 4.98. The number of fused-ring (bicyclic) bond motifs is 1. The van der Waals surface area contributed by atoms with Gasteiger partial charge in [-0.25, -0.2) is 0 Å². The second kappa shape index (κ2) is 4.03. The molecule has 2 aliphatic rings. The lowest BCUT2D eigenvalue weighted by Crippen LogP contribution is -2.69. The highest BCUT2D eigenvalue weighted by Gasteiger charge is 2.54. The van der Waals surface area contributed by atoms with Crippen LogP contribution in [0.15, 0.2) is 29.2 Å². The molecule has 0 aliphatic carbocycles. The number of hydrogen-bond acceptors (Lipinski definition) is 5. The quantitative estimate of drug-likeness (QED) is 0.756. The van der Waals surface area contributed by atoms with Gasteiger partial charge in [-0.05, 0) is 19.1 Å². The van der Waals surface area contributed by atoms with Crippen LogP contribution in [0.5, 0.6) is 0 Å². The van der Waals surface area contributed by atoms with Gasteiger partial charge in [0.25, 0.3) is 10.1 Å². The third-order valence-corrected chi connectivity index (χ3v) is 5.04. The van der Waals surface area contributed by atoms with Gasteiger partial charge in [-0.15, -0.1) is 0 Å². The van der Waals surface area contributed by atoms with Gasteiger partial charge in [0.1, 0.15) is 5.60 Å². The molecule has 2 aliphatic heterocycles. The molecule has 1 aromatic carbocycles. The Morgan fingerprint density at radius 1 is 1.28 bits per heavy atom. The van der Waals surface area contributed by atoms with Crippen LogP contribution in [-0.4, -0.2) is 39.7 Å². The fraction of sp³-hybridized carbons (Fsp3) is 0.500. The van der Waals surface area contributed by atoms with E-state index in [0.29, 0.717) is 13.1 Å². The van der Waals surface area contributed by atoms with Crippen LogP contribution in [0, 0.1) is 6.92 Å². The molecule has 0 aromatic heterocycles. The maximum absolute atomic E-state index is 12.2. The molecular formula is C12H16N2O3S. The average Bonchev–Trinajstić information content (AvgIpc) is 2.57. The van der Waals surface area contributed by atoms with E-state index < -0.39 is 15.7 Å². The molecule has 98 valence electrons. The van der Waals surface area contributed by atoms with E-state index in [9.17, 15) is 8.42 Å². The van der Waals surface area contributed by atoms with Crippen molar-refractivity contribution in [3.05, 3.63) is 29.8 Å². The van der Waals surface area contributed by atoms with E-state index in [-0.39, 0.29) is 10.9 Å². The Kier molecular flexibility index (Phi) is 2.71. The first-order chi connectivity index (χ1) is 8.52. The molecule has 2 fully saturated rings. The van der Waals surface area contributed by atoms with Crippen molar-refractivity contribution in [3.63, 3.8) is 0 Å². The largest absolute Gasteiger partial charge is 0.312 e. The minimum absolute atomic E-state index is 0.0951.